The number of halogens is 1. The Labute approximate surface area is 180 Å². The molecule has 0 bridgehead atoms. The van der Waals surface area contributed by atoms with Gasteiger partial charge < -0.3 is 14.7 Å². The van der Waals surface area contributed by atoms with Gasteiger partial charge in [-0.1, -0.05) is 6.92 Å². The lowest BCUT2D eigenvalue weighted by atomic mass is 9.93. The van der Waals surface area contributed by atoms with Crippen LogP contribution in [0.15, 0.2) is 12.1 Å². The number of cyclic esters (lactones) is 1. The first-order valence-corrected chi connectivity index (χ1v) is 10.8. The lowest BCUT2D eigenvalue weighted by Gasteiger charge is -2.24. The number of benzene rings is 1. The van der Waals surface area contributed by atoms with Crippen LogP contribution < -0.4 is 4.90 Å². The Morgan fingerprint density at radius 1 is 1.03 bits per heavy atom. The van der Waals surface area contributed by atoms with Gasteiger partial charge in [-0.25, -0.2) is 9.18 Å². The maximum Gasteiger partial charge on any atom is 0.342 e. The van der Waals surface area contributed by atoms with Crippen LogP contribution in [0, 0.1) is 5.92 Å². The lowest BCUT2D eigenvalue weighted by molar-refractivity contribution is -0.146. The first-order chi connectivity index (χ1) is 14.7. The molecule has 1 saturated heterocycles. The topological polar surface area (TPSA) is 101 Å². The minimum absolute atomic E-state index is 0.0192. The third-order valence-corrected chi connectivity index (χ3v) is 6.14. The van der Waals surface area contributed by atoms with Gasteiger partial charge in [-0.3, -0.25) is 14.4 Å². The lowest BCUT2D eigenvalue weighted by Crippen LogP contribution is -2.34. The number of carbonyl (C=O) groups is 4. The molecule has 1 aromatic carbocycles. The Hall–Kier alpha value is -2.77. The van der Waals surface area contributed by atoms with Crippen molar-refractivity contribution in [3.8, 4) is 5.75 Å². The predicted molar refractivity (Wildman–Crippen MR) is 111 cm³/mol. The van der Waals surface area contributed by atoms with Gasteiger partial charge in [-0.15, -0.1) is 0 Å². The SMILES string of the molecule is C[C@@H]1CC(F)C(=O)C(=O)C(=O)CCCc2cc(N3CCCC3)cc(O)c2C(=O)O[C@H]1C. The van der Waals surface area contributed by atoms with E-state index in [0.29, 0.717) is 5.56 Å². The number of hydrogen-bond acceptors (Lipinski definition) is 7. The zero-order valence-electron chi connectivity index (χ0n) is 17.9. The molecule has 1 unspecified atom stereocenters. The molecule has 2 heterocycles. The van der Waals surface area contributed by atoms with Gasteiger partial charge in [0.1, 0.15) is 17.4 Å². The third kappa shape index (κ3) is 5.11. The van der Waals surface area contributed by atoms with Crippen LogP contribution in [0.1, 0.15) is 61.9 Å². The number of Topliss-reactive ketones (excluding diaryl/α,β-unsaturated/α-hetero) is 3. The normalized spacial score (nSPS) is 26.4. The quantitative estimate of drug-likeness (QED) is 0.537. The Balaban J connectivity index is 1.96. The second-order valence-corrected chi connectivity index (χ2v) is 8.45. The number of aryl methyl sites for hydroxylation is 1. The van der Waals surface area contributed by atoms with E-state index in [0.717, 1.165) is 31.6 Å². The van der Waals surface area contributed by atoms with Crippen LogP contribution in [0.4, 0.5) is 10.1 Å². The second-order valence-electron chi connectivity index (χ2n) is 8.45. The van der Waals surface area contributed by atoms with Gasteiger partial charge in [0.15, 0.2) is 6.17 Å². The fourth-order valence-electron chi connectivity index (χ4n) is 4.06. The van der Waals surface area contributed by atoms with E-state index >= 15 is 0 Å². The molecule has 7 nitrogen and oxygen atoms in total. The van der Waals surface area contributed by atoms with E-state index in [1.54, 1.807) is 19.9 Å². The molecule has 0 amide bonds. The van der Waals surface area contributed by atoms with Gasteiger partial charge in [0.2, 0.25) is 11.6 Å². The van der Waals surface area contributed by atoms with Crippen LogP contribution in [-0.2, 0) is 25.5 Å². The van der Waals surface area contributed by atoms with Gasteiger partial charge in [-0.05, 0) is 56.6 Å². The average Bonchev–Trinajstić information content (AvgIpc) is 3.26. The van der Waals surface area contributed by atoms with Gasteiger partial charge in [-0.2, -0.15) is 0 Å². The van der Waals surface area contributed by atoms with Crippen LogP contribution in [0.2, 0.25) is 0 Å². The maximum atomic E-state index is 14.3. The highest BCUT2D eigenvalue weighted by Gasteiger charge is 2.33. The molecule has 0 aliphatic carbocycles. The highest BCUT2D eigenvalue weighted by molar-refractivity contribution is 6.64. The van der Waals surface area contributed by atoms with Crippen molar-refractivity contribution in [3.63, 3.8) is 0 Å². The monoisotopic (exact) mass is 433 g/mol. The van der Waals surface area contributed by atoms with Crippen LogP contribution >= 0.6 is 0 Å². The summed E-state index contributed by atoms with van der Waals surface area (Å²) in [4.78, 5) is 51.1. The number of aromatic hydroxyl groups is 1. The largest absolute Gasteiger partial charge is 0.507 e. The molecular weight excluding hydrogens is 405 g/mol. The smallest absolute Gasteiger partial charge is 0.342 e. The number of fused-ring (bicyclic) bond motifs is 1. The van der Waals surface area contributed by atoms with Crippen molar-refractivity contribution < 1.29 is 33.4 Å². The molecule has 31 heavy (non-hydrogen) atoms. The summed E-state index contributed by atoms with van der Waals surface area (Å²) in [6, 6.07) is 3.34. The summed E-state index contributed by atoms with van der Waals surface area (Å²) in [5.41, 5.74) is 1.31. The van der Waals surface area contributed by atoms with E-state index < -0.39 is 41.5 Å². The Kier molecular flexibility index (Phi) is 7.08. The number of rotatable bonds is 1. The number of nitrogens with zero attached hydrogens (tertiary/aromatic N) is 1. The molecular formula is C23H28FNO6. The molecule has 3 atom stereocenters. The number of esters is 1. The summed E-state index contributed by atoms with van der Waals surface area (Å²) in [5, 5.41) is 10.6. The van der Waals surface area contributed by atoms with Gasteiger partial charge in [0, 0.05) is 31.3 Å². The molecule has 0 radical (unpaired) electrons. The van der Waals surface area contributed by atoms with E-state index in [9.17, 15) is 28.7 Å². The molecule has 2 aliphatic rings. The molecule has 3 rings (SSSR count). The molecule has 1 N–H and O–H groups in total. The molecule has 1 fully saturated rings. The van der Waals surface area contributed by atoms with E-state index in [4.69, 9.17) is 4.74 Å². The van der Waals surface area contributed by atoms with Gasteiger partial charge in [0.05, 0.1) is 0 Å². The fourth-order valence-corrected chi connectivity index (χ4v) is 4.06. The Bertz CT molecular complexity index is 892. The molecule has 0 saturated carbocycles. The first-order valence-electron chi connectivity index (χ1n) is 10.8. The van der Waals surface area contributed by atoms with Crippen LogP contribution in [-0.4, -0.2) is 53.8 Å². The van der Waals surface area contributed by atoms with E-state index in [1.165, 1.54) is 6.07 Å². The minimum Gasteiger partial charge on any atom is -0.507 e. The van der Waals surface area contributed by atoms with E-state index in [-0.39, 0.29) is 37.0 Å². The summed E-state index contributed by atoms with van der Waals surface area (Å²) >= 11 is 0. The zero-order valence-corrected chi connectivity index (χ0v) is 17.9. The van der Waals surface area contributed by atoms with Crippen molar-refractivity contribution in [1.29, 1.82) is 0 Å². The maximum absolute atomic E-state index is 14.3. The van der Waals surface area contributed by atoms with Crippen molar-refractivity contribution >= 4 is 29.0 Å². The Morgan fingerprint density at radius 3 is 2.39 bits per heavy atom. The van der Waals surface area contributed by atoms with Crippen LogP contribution in [0.3, 0.4) is 0 Å². The Morgan fingerprint density at radius 2 is 1.71 bits per heavy atom. The van der Waals surface area contributed by atoms with Crippen molar-refractivity contribution in [2.45, 2.75) is 64.6 Å². The molecule has 1 aromatic rings. The number of phenols is 1. The zero-order chi connectivity index (χ0) is 22.7. The molecule has 0 spiro atoms. The van der Waals surface area contributed by atoms with E-state index in [1.807, 2.05) is 0 Å². The summed E-state index contributed by atoms with van der Waals surface area (Å²) in [6.07, 6.45) is -1.02. The highest BCUT2D eigenvalue weighted by atomic mass is 19.1. The van der Waals surface area contributed by atoms with Crippen molar-refractivity contribution in [2.24, 2.45) is 5.92 Å². The summed E-state index contributed by atoms with van der Waals surface area (Å²) < 4.78 is 19.7. The minimum atomic E-state index is -2.13. The van der Waals surface area contributed by atoms with Crippen LogP contribution in [0.25, 0.3) is 0 Å². The average molecular weight is 433 g/mol. The molecule has 168 valence electrons. The summed E-state index contributed by atoms with van der Waals surface area (Å²) in [7, 11) is 0. The number of anilines is 1. The standard InChI is InChI=1S/C23H28FNO6/c1-13-10-17(24)21(28)22(29)18(26)7-5-6-15-11-16(25-8-3-4-9-25)12-19(27)20(15)23(30)31-14(13)2/h11-14,17,27H,3-10H2,1-2H3/t13-,14+,17?/m1/s1. The van der Waals surface area contributed by atoms with Crippen molar-refractivity contribution in [2.75, 3.05) is 18.0 Å². The molecule has 2 aliphatic heterocycles. The predicted octanol–water partition coefficient (Wildman–Crippen LogP) is 2.95. The number of ether oxygens (including phenoxy) is 1. The summed E-state index contributed by atoms with van der Waals surface area (Å²) in [6.45, 7) is 4.84. The van der Waals surface area contributed by atoms with Gasteiger partial charge in [0.25, 0.3) is 5.78 Å². The molecule has 0 aromatic heterocycles. The highest BCUT2D eigenvalue weighted by Crippen LogP contribution is 2.33. The number of ketones is 3. The molecule has 8 heteroatoms. The first kappa shape index (κ1) is 22.9. The second kappa shape index (κ2) is 9.58. The number of carbonyl (C=O) groups excluding carboxylic acids is 4. The van der Waals surface area contributed by atoms with Crippen LogP contribution in [0.5, 0.6) is 5.75 Å². The number of hydrogen-bond donors (Lipinski definition) is 1. The number of phenolic OH excluding ortho intramolecular Hbond substituents is 1. The van der Waals surface area contributed by atoms with Crippen molar-refractivity contribution in [3.05, 3.63) is 23.3 Å². The fraction of sp³-hybridized carbons (Fsp3) is 0.565. The van der Waals surface area contributed by atoms with Crippen molar-refractivity contribution in [1.82, 2.24) is 0 Å². The number of alkyl halides is 1. The third-order valence-electron chi connectivity index (χ3n) is 6.14. The van der Waals surface area contributed by atoms with Gasteiger partial charge >= 0.3 is 5.97 Å². The summed E-state index contributed by atoms with van der Waals surface area (Å²) in [5.74, 6) is -5.13. The van der Waals surface area contributed by atoms with E-state index in [2.05, 4.69) is 4.90 Å².